The molecule has 1 atom stereocenters. The normalized spacial score (nSPS) is 14.0. The first-order valence-corrected chi connectivity index (χ1v) is 5.73. The van der Waals surface area contributed by atoms with Crippen LogP contribution in [0.5, 0.6) is 0 Å². The third kappa shape index (κ3) is 4.18. The van der Waals surface area contributed by atoms with Crippen molar-refractivity contribution in [1.82, 2.24) is 10.1 Å². The van der Waals surface area contributed by atoms with Gasteiger partial charge in [-0.25, -0.2) is 4.79 Å². The van der Waals surface area contributed by atoms with Gasteiger partial charge in [0, 0.05) is 12.5 Å². The maximum absolute atomic E-state index is 10.7. The Balaban J connectivity index is 2.47. The molecular weight excluding hydrogens is 206 g/mol. The molecule has 0 spiro atoms. The van der Waals surface area contributed by atoms with E-state index in [1.807, 2.05) is 0 Å². The first-order chi connectivity index (χ1) is 7.43. The second-order valence-electron chi connectivity index (χ2n) is 5.12. The van der Waals surface area contributed by atoms with E-state index in [1.165, 1.54) is 0 Å². The van der Waals surface area contributed by atoms with Crippen molar-refractivity contribution in [3.05, 3.63) is 16.4 Å². The summed E-state index contributed by atoms with van der Waals surface area (Å²) < 4.78 is 4.43. The number of H-pyrrole nitrogens is 1. The van der Waals surface area contributed by atoms with Crippen LogP contribution in [-0.2, 0) is 6.42 Å². The molecule has 16 heavy (non-hydrogen) atoms. The lowest BCUT2D eigenvalue weighted by molar-refractivity contribution is 0.275. The van der Waals surface area contributed by atoms with E-state index in [9.17, 15) is 4.79 Å². The highest BCUT2D eigenvalue weighted by molar-refractivity contribution is 4.86. The van der Waals surface area contributed by atoms with E-state index in [0.29, 0.717) is 12.2 Å². The Labute approximate surface area is 95.4 Å². The van der Waals surface area contributed by atoms with Crippen LogP contribution in [0.2, 0.25) is 0 Å². The summed E-state index contributed by atoms with van der Waals surface area (Å²) in [4.78, 5) is 13.2. The van der Waals surface area contributed by atoms with Crippen molar-refractivity contribution >= 4 is 0 Å². The molecule has 1 aromatic rings. The number of nitrogens with two attached hydrogens (primary N) is 1. The van der Waals surface area contributed by atoms with Crippen LogP contribution >= 0.6 is 0 Å². The van der Waals surface area contributed by atoms with Crippen LogP contribution in [0.3, 0.4) is 0 Å². The fourth-order valence-corrected chi connectivity index (χ4v) is 2.16. The van der Waals surface area contributed by atoms with E-state index in [2.05, 4.69) is 35.4 Å². The molecular formula is C11H21N3O2. The van der Waals surface area contributed by atoms with Crippen molar-refractivity contribution < 1.29 is 4.52 Å². The lowest BCUT2D eigenvalue weighted by atomic mass is 9.81. The van der Waals surface area contributed by atoms with Crippen LogP contribution in [0.25, 0.3) is 0 Å². The molecule has 0 saturated carbocycles. The van der Waals surface area contributed by atoms with Crippen molar-refractivity contribution in [2.24, 2.45) is 11.1 Å². The monoisotopic (exact) mass is 227 g/mol. The Morgan fingerprint density at radius 3 is 2.75 bits per heavy atom. The molecule has 0 bridgehead atoms. The van der Waals surface area contributed by atoms with Gasteiger partial charge in [-0.2, -0.15) is 0 Å². The van der Waals surface area contributed by atoms with Crippen LogP contribution in [0.15, 0.2) is 9.32 Å². The molecule has 0 saturated heterocycles. The maximum Gasteiger partial charge on any atom is 0.438 e. The predicted octanol–water partition coefficient (Wildman–Crippen LogP) is 1.45. The van der Waals surface area contributed by atoms with Crippen LogP contribution in [0, 0.1) is 5.41 Å². The summed E-state index contributed by atoms with van der Waals surface area (Å²) in [5, 5.41) is 3.61. The summed E-state index contributed by atoms with van der Waals surface area (Å²) in [6.45, 7) is 6.59. The van der Waals surface area contributed by atoms with Gasteiger partial charge in [-0.05, 0) is 18.3 Å². The molecule has 0 amide bonds. The van der Waals surface area contributed by atoms with E-state index < -0.39 is 5.76 Å². The van der Waals surface area contributed by atoms with E-state index in [4.69, 9.17) is 5.73 Å². The van der Waals surface area contributed by atoms with E-state index in [1.54, 1.807) is 0 Å². The van der Waals surface area contributed by atoms with Gasteiger partial charge in [-0.15, -0.1) is 0 Å². The zero-order valence-electron chi connectivity index (χ0n) is 10.2. The van der Waals surface area contributed by atoms with Gasteiger partial charge in [0.2, 0.25) is 0 Å². The summed E-state index contributed by atoms with van der Waals surface area (Å²) in [5.41, 5.74) is 6.26. The smallest absolute Gasteiger partial charge is 0.327 e. The molecule has 0 fully saturated rings. The average molecular weight is 227 g/mol. The highest BCUT2D eigenvalue weighted by atomic mass is 16.5. The Bertz CT molecular complexity index is 367. The fraction of sp³-hybridized carbons (Fsp3) is 0.818. The molecule has 0 aliphatic carbocycles. The largest absolute Gasteiger partial charge is 0.438 e. The molecule has 1 aromatic heterocycles. The minimum atomic E-state index is -0.519. The first-order valence-electron chi connectivity index (χ1n) is 5.73. The minimum absolute atomic E-state index is 0.00213. The SMILES string of the molecule is CCCC(C)(C)CC(N)Cc1noc(=O)[nH]1. The Hall–Kier alpha value is -1.10. The van der Waals surface area contributed by atoms with Gasteiger partial charge in [0.1, 0.15) is 0 Å². The molecule has 1 heterocycles. The Kier molecular flexibility index (Phi) is 4.29. The number of aromatic nitrogens is 2. The molecule has 1 unspecified atom stereocenters. The van der Waals surface area contributed by atoms with Gasteiger partial charge in [0.05, 0.1) is 0 Å². The van der Waals surface area contributed by atoms with Gasteiger partial charge in [-0.1, -0.05) is 32.3 Å². The van der Waals surface area contributed by atoms with Crippen molar-refractivity contribution in [3.8, 4) is 0 Å². The molecule has 0 aliphatic rings. The lowest BCUT2D eigenvalue weighted by Crippen LogP contribution is -2.30. The fourth-order valence-electron chi connectivity index (χ4n) is 2.16. The van der Waals surface area contributed by atoms with Crippen LogP contribution in [-0.4, -0.2) is 16.2 Å². The Morgan fingerprint density at radius 2 is 2.25 bits per heavy atom. The minimum Gasteiger partial charge on any atom is -0.327 e. The number of hydrogen-bond donors (Lipinski definition) is 2. The molecule has 5 nitrogen and oxygen atoms in total. The topological polar surface area (TPSA) is 84.9 Å². The zero-order chi connectivity index (χ0) is 12.2. The molecule has 0 aromatic carbocycles. The van der Waals surface area contributed by atoms with Gasteiger partial charge in [0.15, 0.2) is 5.82 Å². The number of nitrogens with one attached hydrogen (secondary N) is 1. The number of nitrogens with zero attached hydrogens (tertiary/aromatic N) is 1. The third-order valence-corrected chi connectivity index (χ3v) is 2.68. The van der Waals surface area contributed by atoms with Crippen molar-refractivity contribution in [2.75, 3.05) is 0 Å². The van der Waals surface area contributed by atoms with Gasteiger partial charge >= 0.3 is 5.76 Å². The second kappa shape index (κ2) is 5.30. The highest BCUT2D eigenvalue weighted by Crippen LogP contribution is 2.28. The van der Waals surface area contributed by atoms with Gasteiger partial charge in [0.25, 0.3) is 0 Å². The Morgan fingerprint density at radius 1 is 1.56 bits per heavy atom. The molecule has 3 N–H and O–H groups in total. The second-order valence-corrected chi connectivity index (χ2v) is 5.12. The van der Waals surface area contributed by atoms with E-state index >= 15 is 0 Å². The van der Waals surface area contributed by atoms with Crippen molar-refractivity contribution in [3.63, 3.8) is 0 Å². The summed E-state index contributed by atoms with van der Waals surface area (Å²) in [5.74, 6) is 0.0137. The highest BCUT2D eigenvalue weighted by Gasteiger charge is 2.21. The average Bonchev–Trinajstić information content (AvgIpc) is 2.49. The van der Waals surface area contributed by atoms with Crippen LogP contribution in [0.4, 0.5) is 0 Å². The zero-order valence-corrected chi connectivity index (χ0v) is 10.2. The van der Waals surface area contributed by atoms with Crippen LogP contribution < -0.4 is 11.5 Å². The standard InChI is InChI=1S/C11H21N3O2/c1-4-5-11(2,3)7-8(12)6-9-13-10(15)16-14-9/h8H,4-7,12H2,1-3H3,(H,13,14,15). The molecule has 0 radical (unpaired) electrons. The summed E-state index contributed by atoms with van der Waals surface area (Å²) in [6.07, 6.45) is 3.77. The quantitative estimate of drug-likeness (QED) is 0.770. The van der Waals surface area contributed by atoms with E-state index in [0.717, 1.165) is 19.3 Å². The van der Waals surface area contributed by atoms with Gasteiger partial charge in [-0.3, -0.25) is 9.51 Å². The summed E-state index contributed by atoms with van der Waals surface area (Å²) in [6, 6.07) is 0.00213. The first kappa shape index (κ1) is 13.0. The predicted molar refractivity (Wildman–Crippen MR) is 62.1 cm³/mol. The molecule has 0 aliphatic heterocycles. The molecule has 1 rings (SSSR count). The van der Waals surface area contributed by atoms with Crippen molar-refractivity contribution in [2.45, 2.75) is 52.5 Å². The summed E-state index contributed by atoms with van der Waals surface area (Å²) in [7, 11) is 0. The lowest BCUT2D eigenvalue weighted by Gasteiger charge is -2.27. The van der Waals surface area contributed by atoms with Gasteiger partial charge < -0.3 is 5.73 Å². The maximum atomic E-state index is 10.7. The third-order valence-electron chi connectivity index (χ3n) is 2.68. The number of rotatable bonds is 6. The number of aromatic amines is 1. The summed E-state index contributed by atoms with van der Waals surface area (Å²) >= 11 is 0. The van der Waals surface area contributed by atoms with Crippen molar-refractivity contribution in [1.29, 1.82) is 0 Å². The molecule has 92 valence electrons. The number of hydrogen-bond acceptors (Lipinski definition) is 4. The molecule has 5 heteroatoms. The van der Waals surface area contributed by atoms with E-state index in [-0.39, 0.29) is 11.5 Å². The van der Waals surface area contributed by atoms with Crippen LogP contribution in [0.1, 0.15) is 45.9 Å².